The number of amides is 1. The van der Waals surface area contributed by atoms with Gasteiger partial charge in [-0.05, 0) is 25.7 Å². The molecule has 1 fully saturated rings. The topological polar surface area (TPSA) is 136 Å². The van der Waals surface area contributed by atoms with Crippen molar-refractivity contribution in [1.82, 2.24) is 5.32 Å². The van der Waals surface area contributed by atoms with Crippen LogP contribution in [0.15, 0.2) is 0 Å². The molecule has 0 spiro atoms. The van der Waals surface area contributed by atoms with Gasteiger partial charge in [0.1, 0.15) is 5.78 Å². The van der Waals surface area contributed by atoms with Crippen LogP contribution in [0.3, 0.4) is 0 Å². The average molecular weight is 412 g/mol. The summed E-state index contributed by atoms with van der Waals surface area (Å²) in [5, 5.41) is 12.7. The van der Waals surface area contributed by atoms with Crippen LogP contribution in [-0.4, -0.2) is 47.8 Å². The van der Waals surface area contributed by atoms with E-state index in [1.165, 1.54) is 39.0 Å². The molecule has 0 aromatic heterocycles. The molecule has 0 saturated heterocycles. The van der Waals surface area contributed by atoms with Crippen LogP contribution in [0.25, 0.3) is 0 Å². The van der Waals surface area contributed by atoms with Crippen LogP contribution in [0, 0.1) is 23.7 Å². The summed E-state index contributed by atoms with van der Waals surface area (Å²) in [6, 6.07) is -0.810. The predicted molar refractivity (Wildman–Crippen MR) is 114 cm³/mol. The fraction of sp³-hybridized carbons (Fsp3) is 0.864. The molecule has 4 atom stereocenters. The summed E-state index contributed by atoms with van der Waals surface area (Å²) < 4.78 is 0. The van der Waals surface area contributed by atoms with E-state index in [4.69, 9.17) is 11.5 Å². The van der Waals surface area contributed by atoms with Crippen molar-refractivity contribution < 1.29 is 19.5 Å². The van der Waals surface area contributed by atoms with E-state index >= 15 is 0 Å². The first-order chi connectivity index (χ1) is 13.7. The molecule has 0 aromatic rings. The Morgan fingerprint density at radius 1 is 1.03 bits per heavy atom. The van der Waals surface area contributed by atoms with Crippen LogP contribution in [0.1, 0.15) is 72.1 Å². The molecule has 7 heteroatoms. The van der Waals surface area contributed by atoms with E-state index in [-0.39, 0.29) is 42.9 Å². The zero-order chi connectivity index (χ0) is 22.0. The number of hydrogen-bond donors (Lipinski definition) is 4. The van der Waals surface area contributed by atoms with Gasteiger partial charge in [-0.3, -0.25) is 14.4 Å². The third-order valence-electron chi connectivity index (χ3n) is 6.19. The zero-order valence-electron chi connectivity index (χ0n) is 18.4. The minimum atomic E-state index is -1.01. The Hall–Kier alpha value is -1.31. The number of Topliss-reactive ketones (excluding diaryl/α,β-unsaturated/α-hetero) is 2. The molecule has 0 bridgehead atoms. The maximum absolute atomic E-state index is 12.8. The molecular formula is C22H41N3O4. The fourth-order valence-electron chi connectivity index (χ4n) is 4.12. The van der Waals surface area contributed by atoms with E-state index in [1.54, 1.807) is 13.8 Å². The molecule has 1 saturated carbocycles. The lowest BCUT2D eigenvalue weighted by atomic mass is 9.82. The van der Waals surface area contributed by atoms with Crippen LogP contribution >= 0.6 is 0 Å². The molecule has 168 valence electrons. The second kappa shape index (κ2) is 13.1. The van der Waals surface area contributed by atoms with Gasteiger partial charge < -0.3 is 21.9 Å². The van der Waals surface area contributed by atoms with E-state index in [1.807, 2.05) is 0 Å². The van der Waals surface area contributed by atoms with Crippen molar-refractivity contribution in [2.75, 3.05) is 13.1 Å². The van der Waals surface area contributed by atoms with Crippen molar-refractivity contribution in [3.05, 3.63) is 0 Å². The summed E-state index contributed by atoms with van der Waals surface area (Å²) in [4.78, 5) is 37.6. The smallest absolute Gasteiger partial charge is 0.226 e. The predicted octanol–water partition coefficient (Wildman–Crippen LogP) is 1.55. The number of ketones is 2. The van der Waals surface area contributed by atoms with E-state index < -0.39 is 24.0 Å². The molecular weight excluding hydrogens is 370 g/mol. The molecule has 0 radical (unpaired) electrons. The summed E-state index contributed by atoms with van der Waals surface area (Å²) in [5.74, 6) is -1.59. The number of carbonyl (C=O) groups excluding carboxylic acids is 3. The highest BCUT2D eigenvalue weighted by Gasteiger charge is 2.32. The minimum Gasteiger partial charge on any atom is -0.393 e. The van der Waals surface area contributed by atoms with Crippen molar-refractivity contribution >= 4 is 17.5 Å². The summed E-state index contributed by atoms with van der Waals surface area (Å²) in [7, 11) is 0. The lowest BCUT2D eigenvalue weighted by Crippen LogP contribution is -2.51. The molecule has 0 aromatic carbocycles. The summed E-state index contributed by atoms with van der Waals surface area (Å²) in [6.45, 7) is 5.20. The first-order valence-electron chi connectivity index (χ1n) is 11.2. The van der Waals surface area contributed by atoms with Gasteiger partial charge in [-0.1, -0.05) is 46.0 Å². The van der Waals surface area contributed by atoms with Crippen LogP contribution in [-0.2, 0) is 14.4 Å². The Labute approximate surface area is 175 Å². The van der Waals surface area contributed by atoms with E-state index in [0.717, 1.165) is 12.8 Å². The SMILES string of the molecule is CC(C)C(=O)[C@H](CN)NC(=O)[C@@H](CC(=O)C(CN)CCC1CCCCC1)[C@H](C)O. The van der Waals surface area contributed by atoms with Crippen molar-refractivity contribution in [2.24, 2.45) is 35.1 Å². The Kier molecular flexibility index (Phi) is 11.6. The Balaban J connectivity index is 2.67. The van der Waals surface area contributed by atoms with Gasteiger partial charge in [-0.25, -0.2) is 0 Å². The maximum Gasteiger partial charge on any atom is 0.226 e. The second-order valence-corrected chi connectivity index (χ2v) is 8.89. The number of nitrogens with two attached hydrogens (primary N) is 2. The van der Waals surface area contributed by atoms with Gasteiger partial charge in [0.2, 0.25) is 5.91 Å². The highest BCUT2D eigenvalue weighted by Crippen LogP contribution is 2.29. The van der Waals surface area contributed by atoms with Crippen LogP contribution in [0.2, 0.25) is 0 Å². The van der Waals surface area contributed by atoms with E-state index in [9.17, 15) is 19.5 Å². The Morgan fingerprint density at radius 2 is 1.66 bits per heavy atom. The largest absolute Gasteiger partial charge is 0.393 e. The van der Waals surface area contributed by atoms with Crippen LogP contribution in [0.5, 0.6) is 0 Å². The first-order valence-corrected chi connectivity index (χ1v) is 11.2. The Bertz CT molecular complexity index is 530. The lowest BCUT2D eigenvalue weighted by molar-refractivity contribution is -0.136. The van der Waals surface area contributed by atoms with E-state index in [2.05, 4.69) is 5.32 Å². The van der Waals surface area contributed by atoms with Crippen molar-refractivity contribution in [3.8, 4) is 0 Å². The number of nitrogens with one attached hydrogen (secondary N) is 1. The number of hydrogen-bond acceptors (Lipinski definition) is 6. The standard InChI is InChI=1S/C22H41N3O4/c1-14(2)21(28)19(13-24)25-22(29)18(15(3)26)11-20(27)17(12-23)10-9-16-7-5-4-6-8-16/h14-19,26H,4-13,23-24H2,1-3H3,(H,25,29)/t15-,17?,18-,19-/m0/s1. The summed E-state index contributed by atoms with van der Waals surface area (Å²) >= 11 is 0. The highest BCUT2D eigenvalue weighted by molar-refractivity contribution is 5.93. The van der Waals surface area contributed by atoms with Gasteiger partial charge in [0.25, 0.3) is 0 Å². The normalized spacial score (nSPS) is 19.4. The van der Waals surface area contributed by atoms with Gasteiger partial charge in [-0.2, -0.15) is 0 Å². The Morgan fingerprint density at radius 3 is 2.14 bits per heavy atom. The zero-order valence-corrected chi connectivity index (χ0v) is 18.4. The lowest BCUT2D eigenvalue weighted by Gasteiger charge is -2.26. The third kappa shape index (κ3) is 8.52. The molecule has 7 nitrogen and oxygen atoms in total. The van der Waals surface area contributed by atoms with Gasteiger partial charge in [0.15, 0.2) is 5.78 Å². The molecule has 1 unspecified atom stereocenters. The quantitative estimate of drug-likeness (QED) is 0.363. The van der Waals surface area contributed by atoms with Gasteiger partial charge in [0.05, 0.1) is 18.1 Å². The number of rotatable bonds is 13. The van der Waals surface area contributed by atoms with Crippen molar-refractivity contribution in [1.29, 1.82) is 0 Å². The molecule has 1 aliphatic carbocycles. The number of aliphatic hydroxyl groups excluding tert-OH is 1. The molecule has 0 heterocycles. The number of aliphatic hydroxyl groups is 1. The summed E-state index contributed by atoms with van der Waals surface area (Å²) in [6.07, 6.45) is 6.86. The van der Waals surface area contributed by atoms with Gasteiger partial charge in [-0.15, -0.1) is 0 Å². The highest BCUT2D eigenvalue weighted by atomic mass is 16.3. The monoisotopic (exact) mass is 411 g/mol. The van der Waals surface area contributed by atoms with E-state index in [0.29, 0.717) is 5.92 Å². The molecule has 1 amide bonds. The first kappa shape index (κ1) is 25.7. The van der Waals surface area contributed by atoms with Crippen molar-refractivity contribution in [2.45, 2.75) is 84.3 Å². The molecule has 29 heavy (non-hydrogen) atoms. The number of carbonyl (C=O) groups is 3. The minimum absolute atomic E-state index is 0.0178. The van der Waals surface area contributed by atoms with Gasteiger partial charge in [0, 0.05) is 31.3 Å². The molecule has 0 aliphatic heterocycles. The maximum atomic E-state index is 12.8. The molecule has 1 aliphatic rings. The average Bonchev–Trinajstić information content (AvgIpc) is 2.70. The summed E-state index contributed by atoms with van der Waals surface area (Å²) in [5.41, 5.74) is 11.5. The fourth-order valence-corrected chi connectivity index (χ4v) is 4.12. The van der Waals surface area contributed by atoms with Gasteiger partial charge >= 0.3 is 0 Å². The molecule has 1 rings (SSSR count). The van der Waals surface area contributed by atoms with Crippen LogP contribution in [0.4, 0.5) is 0 Å². The second-order valence-electron chi connectivity index (χ2n) is 8.89. The third-order valence-corrected chi connectivity index (χ3v) is 6.19. The van der Waals surface area contributed by atoms with Crippen molar-refractivity contribution in [3.63, 3.8) is 0 Å². The molecule has 6 N–H and O–H groups in total. The van der Waals surface area contributed by atoms with Crippen LogP contribution < -0.4 is 16.8 Å².